The number of aliphatic hydroxyl groups is 1. The summed E-state index contributed by atoms with van der Waals surface area (Å²) in [6, 6.07) is 3.16. The highest BCUT2D eigenvalue weighted by Crippen LogP contribution is 2.39. The SMILES string of the molecule is OC(c1cc(C(F)(F)F)nc2c(C(F)(F)F)cccc12)[C@H]1CCCCN1.[Cl-]. The molecule has 2 N–H and O–H groups in total. The van der Waals surface area contributed by atoms with Crippen molar-refractivity contribution >= 4 is 10.9 Å². The van der Waals surface area contributed by atoms with Gasteiger partial charge in [0.1, 0.15) is 5.69 Å². The summed E-state index contributed by atoms with van der Waals surface area (Å²) in [4.78, 5) is 3.22. The first-order valence-electron chi connectivity index (χ1n) is 8.08. The van der Waals surface area contributed by atoms with E-state index in [9.17, 15) is 31.4 Å². The molecule has 0 amide bonds. The summed E-state index contributed by atoms with van der Waals surface area (Å²) in [5, 5.41) is 13.5. The van der Waals surface area contributed by atoms with E-state index in [1.807, 2.05) is 0 Å². The maximum Gasteiger partial charge on any atom is 0.433 e. The van der Waals surface area contributed by atoms with Crippen LogP contribution in [0.15, 0.2) is 24.3 Å². The number of benzene rings is 1. The molecule has 3 rings (SSSR count). The molecule has 1 aromatic heterocycles. The first-order valence-corrected chi connectivity index (χ1v) is 8.08. The molecular weight excluding hydrogens is 398 g/mol. The average molecular weight is 414 g/mol. The zero-order valence-corrected chi connectivity index (χ0v) is 14.6. The van der Waals surface area contributed by atoms with Crippen LogP contribution in [0.2, 0.25) is 0 Å². The van der Waals surface area contributed by atoms with Gasteiger partial charge in [0.2, 0.25) is 0 Å². The Hall–Kier alpha value is -1.58. The van der Waals surface area contributed by atoms with Crippen LogP contribution in [0.5, 0.6) is 0 Å². The molecule has 0 radical (unpaired) electrons. The molecular formula is C17H16ClF6N2O-. The average Bonchev–Trinajstić information content (AvgIpc) is 2.58. The van der Waals surface area contributed by atoms with Gasteiger partial charge in [-0.2, -0.15) is 26.3 Å². The van der Waals surface area contributed by atoms with E-state index in [2.05, 4.69) is 10.3 Å². The van der Waals surface area contributed by atoms with E-state index in [4.69, 9.17) is 0 Å². The second kappa shape index (κ2) is 7.81. The molecule has 1 saturated heterocycles. The molecule has 1 unspecified atom stereocenters. The monoisotopic (exact) mass is 413 g/mol. The molecule has 1 aliphatic heterocycles. The van der Waals surface area contributed by atoms with Crippen LogP contribution in [-0.4, -0.2) is 22.7 Å². The van der Waals surface area contributed by atoms with E-state index in [-0.39, 0.29) is 23.4 Å². The second-order valence-corrected chi connectivity index (χ2v) is 6.30. The van der Waals surface area contributed by atoms with Crippen molar-refractivity contribution < 1.29 is 43.9 Å². The van der Waals surface area contributed by atoms with Crippen LogP contribution in [0.3, 0.4) is 0 Å². The first-order chi connectivity index (χ1) is 12.1. The Morgan fingerprint density at radius 1 is 1.07 bits per heavy atom. The quantitative estimate of drug-likeness (QED) is 0.733. The maximum absolute atomic E-state index is 13.2. The molecule has 1 aliphatic rings. The Balaban J connectivity index is 0.00000261. The van der Waals surface area contributed by atoms with Gasteiger partial charge in [-0.1, -0.05) is 18.6 Å². The minimum absolute atomic E-state index is 0. The Kier molecular flexibility index (Phi) is 6.28. The van der Waals surface area contributed by atoms with Crippen LogP contribution in [0.4, 0.5) is 26.3 Å². The fourth-order valence-corrected chi connectivity index (χ4v) is 3.26. The number of aromatic nitrogens is 1. The predicted molar refractivity (Wildman–Crippen MR) is 82.3 cm³/mol. The lowest BCUT2D eigenvalue weighted by Crippen LogP contribution is -3.00. The molecule has 0 aliphatic carbocycles. The zero-order valence-electron chi connectivity index (χ0n) is 13.8. The summed E-state index contributed by atoms with van der Waals surface area (Å²) in [6.07, 6.45) is -9.00. The number of hydrogen-bond donors (Lipinski definition) is 2. The fraction of sp³-hybridized carbons (Fsp3) is 0.471. The van der Waals surface area contributed by atoms with Gasteiger partial charge >= 0.3 is 12.4 Å². The summed E-state index contributed by atoms with van der Waals surface area (Å²) >= 11 is 0. The first kappa shape index (κ1) is 21.7. The number of hydrogen-bond acceptors (Lipinski definition) is 3. The summed E-state index contributed by atoms with van der Waals surface area (Å²) in [5.41, 5.74) is -3.72. The van der Waals surface area contributed by atoms with Crippen molar-refractivity contribution in [1.82, 2.24) is 10.3 Å². The maximum atomic E-state index is 13.2. The van der Waals surface area contributed by atoms with Gasteiger partial charge in [-0.05, 0) is 37.1 Å². The van der Waals surface area contributed by atoms with Crippen LogP contribution >= 0.6 is 0 Å². The normalized spacial score (nSPS) is 19.6. The molecule has 0 bridgehead atoms. The summed E-state index contributed by atoms with van der Waals surface area (Å²) in [7, 11) is 0. The second-order valence-electron chi connectivity index (χ2n) is 6.30. The Bertz CT molecular complexity index is 802. The zero-order chi connectivity index (χ0) is 19.1. The van der Waals surface area contributed by atoms with Gasteiger partial charge in [0.15, 0.2) is 0 Å². The van der Waals surface area contributed by atoms with Crippen molar-refractivity contribution in [3.63, 3.8) is 0 Å². The van der Waals surface area contributed by atoms with Crippen molar-refractivity contribution in [2.24, 2.45) is 0 Å². The van der Waals surface area contributed by atoms with Crippen LogP contribution in [-0.2, 0) is 12.4 Å². The number of fused-ring (bicyclic) bond motifs is 1. The molecule has 2 aromatic rings. The van der Waals surface area contributed by atoms with Gasteiger partial charge in [-0.25, -0.2) is 4.98 Å². The topological polar surface area (TPSA) is 45.2 Å². The third-order valence-corrected chi connectivity index (χ3v) is 4.52. The Labute approximate surface area is 157 Å². The molecule has 1 aromatic carbocycles. The number of rotatable bonds is 2. The molecule has 0 saturated carbocycles. The number of alkyl halides is 6. The van der Waals surface area contributed by atoms with E-state index >= 15 is 0 Å². The van der Waals surface area contributed by atoms with Crippen LogP contribution in [0, 0.1) is 0 Å². The van der Waals surface area contributed by atoms with Gasteiger partial charge in [0, 0.05) is 11.4 Å². The lowest BCUT2D eigenvalue weighted by atomic mass is 9.91. The van der Waals surface area contributed by atoms with Crippen LogP contribution in [0.25, 0.3) is 10.9 Å². The Morgan fingerprint density at radius 3 is 2.33 bits per heavy atom. The van der Waals surface area contributed by atoms with E-state index in [0.29, 0.717) is 25.1 Å². The third kappa shape index (κ3) is 4.47. The molecule has 3 nitrogen and oxygen atoms in total. The standard InChI is InChI=1S/C17H16F6N2O.ClH/c18-16(19,20)11-5-3-4-9-10(15(26)12-6-1-2-7-24-12)8-13(17(21,22)23)25-14(9)11;/h3-5,8,12,15,24,26H,1-2,6-7H2;1H/p-1/t12-,15?;/m1./s1. The highest BCUT2D eigenvalue weighted by Gasteiger charge is 2.38. The van der Waals surface area contributed by atoms with E-state index in [1.54, 1.807) is 0 Å². The van der Waals surface area contributed by atoms with Gasteiger partial charge in [0.05, 0.1) is 17.2 Å². The minimum Gasteiger partial charge on any atom is -1.00 e. The number of halogens is 7. The Morgan fingerprint density at radius 2 is 1.78 bits per heavy atom. The number of nitrogens with zero attached hydrogens (tertiary/aromatic N) is 1. The molecule has 10 heteroatoms. The van der Waals surface area contributed by atoms with Crippen LogP contribution in [0.1, 0.15) is 42.2 Å². The van der Waals surface area contributed by atoms with Crippen molar-refractivity contribution in [1.29, 1.82) is 0 Å². The van der Waals surface area contributed by atoms with Crippen molar-refractivity contribution in [2.45, 2.75) is 43.8 Å². The minimum atomic E-state index is -4.93. The highest BCUT2D eigenvalue weighted by atomic mass is 35.5. The third-order valence-electron chi connectivity index (χ3n) is 4.52. The van der Waals surface area contributed by atoms with Crippen molar-refractivity contribution in [2.75, 3.05) is 6.54 Å². The van der Waals surface area contributed by atoms with Gasteiger partial charge in [0.25, 0.3) is 0 Å². The van der Waals surface area contributed by atoms with Gasteiger partial charge < -0.3 is 22.8 Å². The summed E-state index contributed by atoms with van der Waals surface area (Å²) in [6.45, 7) is 0.588. The molecule has 150 valence electrons. The smallest absolute Gasteiger partial charge is 0.433 e. The van der Waals surface area contributed by atoms with E-state index < -0.39 is 41.3 Å². The summed E-state index contributed by atoms with van der Waals surface area (Å²) in [5.74, 6) is 0. The van der Waals surface area contributed by atoms with Crippen molar-refractivity contribution in [3.05, 3.63) is 41.1 Å². The molecule has 1 fully saturated rings. The van der Waals surface area contributed by atoms with Gasteiger partial charge in [-0.3, -0.25) is 0 Å². The van der Waals surface area contributed by atoms with E-state index in [1.165, 1.54) is 6.07 Å². The number of aliphatic hydroxyl groups excluding tert-OH is 1. The number of piperidine rings is 1. The number of para-hydroxylation sites is 1. The predicted octanol–water partition coefficient (Wildman–Crippen LogP) is 1.45. The fourth-order valence-electron chi connectivity index (χ4n) is 3.26. The largest absolute Gasteiger partial charge is 1.00 e. The van der Waals surface area contributed by atoms with Crippen LogP contribution < -0.4 is 17.7 Å². The van der Waals surface area contributed by atoms with E-state index in [0.717, 1.165) is 18.9 Å². The molecule has 2 atom stereocenters. The lowest BCUT2D eigenvalue weighted by Gasteiger charge is -2.29. The molecule has 2 heterocycles. The molecule has 27 heavy (non-hydrogen) atoms. The van der Waals surface area contributed by atoms with Crippen molar-refractivity contribution in [3.8, 4) is 0 Å². The van der Waals surface area contributed by atoms with Gasteiger partial charge in [-0.15, -0.1) is 0 Å². The summed E-state index contributed by atoms with van der Waals surface area (Å²) < 4.78 is 79.3. The molecule has 0 spiro atoms. The highest BCUT2D eigenvalue weighted by molar-refractivity contribution is 5.86. The number of nitrogens with one attached hydrogen (secondary N) is 1. The number of pyridine rings is 1. The lowest BCUT2D eigenvalue weighted by molar-refractivity contribution is -0.142.